The fourth-order valence-electron chi connectivity index (χ4n) is 3.54. The molecule has 1 atom stereocenters. The van der Waals surface area contributed by atoms with Crippen LogP contribution in [0.4, 0.5) is 0 Å². The van der Waals surface area contributed by atoms with Gasteiger partial charge in [0.15, 0.2) is 6.10 Å². The van der Waals surface area contributed by atoms with Gasteiger partial charge in [0, 0.05) is 13.3 Å². The lowest BCUT2D eigenvalue weighted by Gasteiger charge is -2.18. The summed E-state index contributed by atoms with van der Waals surface area (Å²) in [4.78, 5) is 40.5. The van der Waals surface area contributed by atoms with Crippen LogP contribution in [-0.4, -0.2) is 41.0 Å². The van der Waals surface area contributed by atoms with Crippen LogP contribution in [-0.2, 0) is 28.2 Å². The van der Waals surface area contributed by atoms with Gasteiger partial charge in [-0.3, -0.25) is 14.1 Å². The van der Waals surface area contributed by atoms with Crippen molar-refractivity contribution in [3.8, 4) is 0 Å². The number of unbranched alkanes of at least 4 members (excludes halogenated alkanes) is 12. The van der Waals surface area contributed by atoms with Gasteiger partial charge in [0.2, 0.25) is 0 Å². The predicted molar refractivity (Wildman–Crippen MR) is 142 cm³/mol. The van der Waals surface area contributed by atoms with Gasteiger partial charge in [-0.2, -0.15) is 0 Å². The number of phosphoric ester groups is 1. The summed E-state index contributed by atoms with van der Waals surface area (Å²) in [6, 6.07) is 0. The molecule has 0 bridgehead atoms. The van der Waals surface area contributed by atoms with Gasteiger partial charge in [-0.05, 0) is 38.5 Å². The maximum absolute atomic E-state index is 12.0. The summed E-state index contributed by atoms with van der Waals surface area (Å²) in [5, 5.41) is 0. The van der Waals surface area contributed by atoms with Crippen molar-refractivity contribution in [2.45, 2.75) is 123 Å². The lowest BCUT2D eigenvalue weighted by atomic mass is 10.1. The molecule has 0 saturated carbocycles. The Balaban J connectivity index is 3.65. The highest BCUT2D eigenvalue weighted by Gasteiger charge is 2.22. The lowest BCUT2D eigenvalue weighted by Crippen LogP contribution is -2.29. The van der Waals surface area contributed by atoms with E-state index in [9.17, 15) is 14.2 Å². The van der Waals surface area contributed by atoms with E-state index < -0.39 is 32.5 Å². The number of carbonyl (C=O) groups is 2. The Hall–Kier alpha value is -1.47. The normalized spacial score (nSPS) is 12.9. The second-order valence-corrected chi connectivity index (χ2v) is 10.3. The van der Waals surface area contributed by atoms with Crippen LogP contribution in [0, 0.1) is 0 Å². The van der Waals surface area contributed by atoms with Crippen LogP contribution in [0.3, 0.4) is 0 Å². The molecular weight excluding hydrogens is 483 g/mol. The fraction of sp³-hybridized carbons (Fsp3) is 0.778. The van der Waals surface area contributed by atoms with E-state index in [2.05, 4.69) is 35.8 Å². The largest absolute Gasteiger partial charge is 0.469 e. The third-order valence-electron chi connectivity index (χ3n) is 5.53. The van der Waals surface area contributed by atoms with Crippen LogP contribution < -0.4 is 0 Å². The average Bonchev–Trinajstić information content (AvgIpc) is 2.81. The summed E-state index contributed by atoms with van der Waals surface area (Å²) in [6.45, 7) is 2.56. The number of rotatable bonds is 24. The molecule has 0 aliphatic heterocycles. The highest BCUT2D eigenvalue weighted by molar-refractivity contribution is 7.46. The molecule has 2 N–H and O–H groups in total. The van der Waals surface area contributed by atoms with E-state index in [1.165, 1.54) is 64.7 Å². The van der Waals surface area contributed by atoms with E-state index in [1.54, 1.807) is 0 Å². The average molecular weight is 533 g/mol. The Morgan fingerprint density at radius 3 is 1.83 bits per heavy atom. The summed E-state index contributed by atoms with van der Waals surface area (Å²) >= 11 is 0. The molecule has 0 aromatic carbocycles. The zero-order chi connectivity index (χ0) is 26.9. The van der Waals surface area contributed by atoms with E-state index in [-0.39, 0.29) is 13.0 Å². The molecule has 8 nitrogen and oxygen atoms in total. The number of allylic oxidation sites excluding steroid dienone is 4. The quantitative estimate of drug-likeness (QED) is 0.0593. The summed E-state index contributed by atoms with van der Waals surface area (Å²) in [6.07, 6.45) is 25.6. The Bertz CT molecular complexity index is 656. The Kier molecular flexibility index (Phi) is 22.9. The molecule has 0 aliphatic rings. The van der Waals surface area contributed by atoms with Crippen molar-refractivity contribution < 1.29 is 37.9 Å². The molecule has 0 radical (unpaired) electrons. The fourth-order valence-corrected chi connectivity index (χ4v) is 3.90. The van der Waals surface area contributed by atoms with Crippen LogP contribution >= 0.6 is 7.82 Å². The molecule has 210 valence electrons. The first kappa shape index (κ1) is 34.5. The minimum absolute atomic E-state index is 0.203. The number of esters is 2. The number of hydrogen-bond donors (Lipinski definition) is 2. The van der Waals surface area contributed by atoms with Crippen molar-refractivity contribution in [2.75, 3.05) is 13.2 Å². The summed E-state index contributed by atoms with van der Waals surface area (Å²) in [5.74, 6) is -1.08. The highest BCUT2D eigenvalue weighted by atomic mass is 31.2. The van der Waals surface area contributed by atoms with Crippen molar-refractivity contribution in [3.05, 3.63) is 24.3 Å². The monoisotopic (exact) mass is 532 g/mol. The molecule has 9 heteroatoms. The molecule has 0 fully saturated rings. The zero-order valence-electron chi connectivity index (χ0n) is 22.4. The Labute approximate surface area is 218 Å². The predicted octanol–water partition coefficient (Wildman–Crippen LogP) is 6.94. The van der Waals surface area contributed by atoms with Gasteiger partial charge in [-0.1, -0.05) is 89.0 Å². The molecule has 0 amide bonds. The maximum atomic E-state index is 12.0. The van der Waals surface area contributed by atoms with E-state index >= 15 is 0 Å². The molecule has 0 rings (SSSR count). The third kappa shape index (κ3) is 27.1. The van der Waals surface area contributed by atoms with Crippen molar-refractivity contribution in [3.63, 3.8) is 0 Å². The van der Waals surface area contributed by atoms with Crippen LogP contribution in [0.25, 0.3) is 0 Å². The maximum Gasteiger partial charge on any atom is 0.469 e. The van der Waals surface area contributed by atoms with Gasteiger partial charge < -0.3 is 19.3 Å². The molecule has 1 unspecified atom stereocenters. The van der Waals surface area contributed by atoms with Crippen LogP contribution in [0.1, 0.15) is 117 Å². The minimum Gasteiger partial charge on any atom is -0.462 e. The van der Waals surface area contributed by atoms with Crippen molar-refractivity contribution in [2.24, 2.45) is 0 Å². The zero-order valence-corrected chi connectivity index (χ0v) is 23.3. The third-order valence-corrected chi connectivity index (χ3v) is 6.02. The second kappa shape index (κ2) is 23.9. The van der Waals surface area contributed by atoms with Crippen molar-refractivity contribution in [1.82, 2.24) is 0 Å². The smallest absolute Gasteiger partial charge is 0.462 e. The summed E-state index contributed by atoms with van der Waals surface area (Å²) in [7, 11) is -4.70. The second-order valence-electron chi connectivity index (χ2n) is 9.10. The standard InChI is InChI=1S/C27H49O8P/c1-3-4-5-6-7-8-9-10-11-12-13-14-15-16-17-18-19-20-21-22-27(29)35-26(23-33-25(2)28)24-34-36(30,31)32/h7-8,10-11,26H,3-6,9,12-24H2,1-2H3,(H2,30,31,32)/b8-7-,11-10-. The first-order valence-electron chi connectivity index (χ1n) is 13.6. The molecule has 0 spiro atoms. The molecule has 0 aliphatic carbocycles. The van der Waals surface area contributed by atoms with E-state index in [1.807, 2.05) is 0 Å². The summed E-state index contributed by atoms with van der Waals surface area (Å²) in [5.41, 5.74) is 0. The minimum atomic E-state index is -4.70. The highest BCUT2D eigenvalue weighted by Crippen LogP contribution is 2.35. The first-order valence-corrected chi connectivity index (χ1v) is 15.1. The number of carbonyl (C=O) groups excluding carboxylic acids is 2. The Morgan fingerprint density at radius 1 is 0.778 bits per heavy atom. The first-order chi connectivity index (χ1) is 17.2. The van der Waals surface area contributed by atoms with Crippen molar-refractivity contribution in [1.29, 1.82) is 0 Å². The van der Waals surface area contributed by atoms with Crippen LogP contribution in [0.2, 0.25) is 0 Å². The van der Waals surface area contributed by atoms with Gasteiger partial charge >= 0.3 is 19.8 Å². The Morgan fingerprint density at radius 2 is 1.31 bits per heavy atom. The molecule has 0 aromatic heterocycles. The molecule has 36 heavy (non-hydrogen) atoms. The van der Waals surface area contributed by atoms with Crippen LogP contribution in [0.5, 0.6) is 0 Å². The SMILES string of the molecule is CCCCC/C=C\C/C=C\CCCCCCCCCCCC(=O)OC(COC(C)=O)COP(=O)(O)O. The van der Waals surface area contributed by atoms with Gasteiger partial charge in [0.1, 0.15) is 6.61 Å². The van der Waals surface area contributed by atoms with Gasteiger partial charge in [0.05, 0.1) is 6.61 Å². The summed E-state index contributed by atoms with van der Waals surface area (Å²) < 4.78 is 25.1. The molecule has 0 saturated heterocycles. The van der Waals surface area contributed by atoms with Gasteiger partial charge in [-0.25, -0.2) is 4.57 Å². The van der Waals surface area contributed by atoms with Gasteiger partial charge in [-0.15, -0.1) is 0 Å². The van der Waals surface area contributed by atoms with E-state index in [4.69, 9.17) is 19.3 Å². The van der Waals surface area contributed by atoms with Crippen molar-refractivity contribution >= 4 is 19.8 Å². The van der Waals surface area contributed by atoms with E-state index in [0.717, 1.165) is 32.1 Å². The number of hydrogen-bond acceptors (Lipinski definition) is 6. The van der Waals surface area contributed by atoms with Crippen LogP contribution in [0.15, 0.2) is 24.3 Å². The molecule has 0 aromatic rings. The molecular formula is C27H49O8P. The number of ether oxygens (including phenoxy) is 2. The van der Waals surface area contributed by atoms with E-state index in [0.29, 0.717) is 6.42 Å². The lowest BCUT2D eigenvalue weighted by molar-refractivity contribution is -0.160. The number of phosphoric acid groups is 1. The van der Waals surface area contributed by atoms with Gasteiger partial charge in [0.25, 0.3) is 0 Å². The topological polar surface area (TPSA) is 119 Å². The molecule has 0 heterocycles.